The molecule has 0 radical (unpaired) electrons. The molecule has 4 aromatic rings. The van der Waals surface area contributed by atoms with E-state index in [9.17, 15) is 0 Å². The van der Waals surface area contributed by atoms with Crippen LogP contribution in [-0.4, -0.2) is 30.9 Å². The number of fused-ring (bicyclic) bond motifs is 5. The Bertz CT molecular complexity index is 1320. The maximum absolute atomic E-state index is 5.74. The fraction of sp³-hybridized carbons (Fsp3) is 0.292. The Balaban J connectivity index is 1.80. The van der Waals surface area contributed by atoms with Crippen molar-refractivity contribution < 1.29 is 9.26 Å². The highest BCUT2D eigenvalue weighted by molar-refractivity contribution is 5.77. The number of rotatable bonds is 5. The molecule has 5 rings (SSSR count). The van der Waals surface area contributed by atoms with Gasteiger partial charge in [-0.2, -0.15) is 0 Å². The molecule has 0 N–H and O–H groups in total. The highest BCUT2D eigenvalue weighted by atomic mass is 16.5. The molecule has 0 unspecified atom stereocenters. The van der Waals surface area contributed by atoms with Crippen molar-refractivity contribution in [3.05, 3.63) is 59.1 Å². The van der Waals surface area contributed by atoms with E-state index in [1.807, 2.05) is 32.3 Å². The first-order chi connectivity index (χ1) is 15.1. The molecule has 7 nitrogen and oxygen atoms in total. The van der Waals surface area contributed by atoms with Crippen molar-refractivity contribution >= 4 is 0 Å². The minimum atomic E-state index is 0.443. The molecule has 0 bridgehead atoms. The maximum atomic E-state index is 5.74. The van der Waals surface area contributed by atoms with Crippen LogP contribution in [-0.2, 0) is 24.3 Å². The van der Waals surface area contributed by atoms with Gasteiger partial charge in [0.15, 0.2) is 5.76 Å². The zero-order valence-electron chi connectivity index (χ0n) is 17.8. The second-order valence-corrected chi connectivity index (χ2v) is 7.52. The molecule has 0 spiro atoms. The topological polar surface area (TPSA) is 70.9 Å². The average molecular weight is 413 g/mol. The second-order valence-electron chi connectivity index (χ2n) is 7.52. The molecule has 4 heterocycles. The molecule has 1 aromatic carbocycles. The number of terminal acetylenes is 1. The first kappa shape index (κ1) is 19.3. The number of imidazole rings is 2. The monoisotopic (exact) mass is 413 g/mol. The molecule has 0 saturated heterocycles. The lowest BCUT2D eigenvalue weighted by atomic mass is 10.0. The van der Waals surface area contributed by atoms with Crippen LogP contribution in [0.2, 0.25) is 0 Å². The lowest BCUT2D eigenvalue weighted by Crippen LogP contribution is -2.09. The van der Waals surface area contributed by atoms with Crippen molar-refractivity contribution in [2.45, 2.75) is 40.3 Å². The van der Waals surface area contributed by atoms with Crippen molar-refractivity contribution in [2.75, 3.05) is 6.61 Å². The Hall–Kier alpha value is -3.63. The van der Waals surface area contributed by atoms with Crippen molar-refractivity contribution in [3.8, 4) is 40.7 Å². The number of aromatic nitrogens is 5. The Morgan fingerprint density at radius 3 is 2.84 bits per heavy atom. The van der Waals surface area contributed by atoms with E-state index in [1.54, 1.807) is 0 Å². The molecule has 3 aromatic heterocycles. The predicted octanol–water partition coefficient (Wildman–Crippen LogP) is 4.14. The smallest absolute Gasteiger partial charge is 0.187 e. The van der Waals surface area contributed by atoms with Gasteiger partial charge in [-0.3, -0.25) is 4.57 Å². The normalized spacial score (nSPS) is 12.1. The van der Waals surface area contributed by atoms with Crippen LogP contribution in [0.25, 0.3) is 28.4 Å². The van der Waals surface area contributed by atoms with Gasteiger partial charge in [0, 0.05) is 23.8 Å². The number of nitrogens with zero attached hydrogens (tertiary/aromatic N) is 5. The van der Waals surface area contributed by atoms with Gasteiger partial charge < -0.3 is 13.8 Å². The third-order valence-electron chi connectivity index (χ3n) is 5.60. The van der Waals surface area contributed by atoms with Gasteiger partial charge in [-0.15, -0.1) is 6.42 Å². The van der Waals surface area contributed by atoms with E-state index < -0.39 is 0 Å². The van der Waals surface area contributed by atoms with Crippen LogP contribution in [0.3, 0.4) is 0 Å². The molecule has 1 aliphatic heterocycles. The van der Waals surface area contributed by atoms with Crippen LogP contribution in [0.1, 0.15) is 42.3 Å². The van der Waals surface area contributed by atoms with Gasteiger partial charge in [-0.05, 0) is 38.5 Å². The van der Waals surface area contributed by atoms with Crippen LogP contribution < -0.4 is 0 Å². The molecule has 156 valence electrons. The van der Waals surface area contributed by atoms with E-state index in [0.717, 1.165) is 57.5 Å². The molecule has 0 fully saturated rings. The summed E-state index contributed by atoms with van der Waals surface area (Å²) in [5.74, 6) is 4.30. The highest BCUT2D eigenvalue weighted by Crippen LogP contribution is 2.38. The van der Waals surface area contributed by atoms with Crippen molar-refractivity contribution in [2.24, 2.45) is 0 Å². The van der Waals surface area contributed by atoms with Gasteiger partial charge in [0.25, 0.3) is 0 Å². The standard InChI is InChI=1S/C24H23N5O2/c1-5-16-8-9-19-17(11-16)24-18(6-2)26-22(13-30-7-3)28(24)12-20-23(25-14-29(19)20)21-10-15(4)27-31-21/h1,8-11,14H,6-7,12-13H2,2-4H3. The number of benzene rings is 1. The minimum absolute atomic E-state index is 0.443. The Morgan fingerprint density at radius 1 is 1.26 bits per heavy atom. The molecule has 0 amide bonds. The second kappa shape index (κ2) is 7.56. The zero-order valence-corrected chi connectivity index (χ0v) is 17.8. The van der Waals surface area contributed by atoms with E-state index in [1.165, 1.54) is 0 Å². The van der Waals surface area contributed by atoms with Gasteiger partial charge in [0.1, 0.15) is 24.5 Å². The van der Waals surface area contributed by atoms with Gasteiger partial charge in [-0.25, -0.2) is 9.97 Å². The molecular weight excluding hydrogens is 390 g/mol. The third kappa shape index (κ3) is 3.07. The van der Waals surface area contributed by atoms with Crippen LogP contribution in [0.4, 0.5) is 0 Å². The molecule has 7 heteroatoms. The summed E-state index contributed by atoms with van der Waals surface area (Å²) in [5.41, 5.74) is 7.58. The summed E-state index contributed by atoms with van der Waals surface area (Å²) >= 11 is 0. The average Bonchev–Trinajstić information content (AvgIpc) is 3.47. The summed E-state index contributed by atoms with van der Waals surface area (Å²) in [4.78, 5) is 9.61. The van der Waals surface area contributed by atoms with Gasteiger partial charge in [0.2, 0.25) is 0 Å². The van der Waals surface area contributed by atoms with Gasteiger partial charge in [0.05, 0.1) is 35.0 Å². The number of ether oxygens (including phenoxy) is 1. The van der Waals surface area contributed by atoms with Crippen LogP contribution in [0.5, 0.6) is 0 Å². The Morgan fingerprint density at radius 2 is 2.13 bits per heavy atom. The maximum Gasteiger partial charge on any atom is 0.187 e. The fourth-order valence-corrected chi connectivity index (χ4v) is 4.16. The van der Waals surface area contributed by atoms with Crippen LogP contribution >= 0.6 is 0 Å². The fourth-order valence-electron chi connectivity index (χ4n) is 4.16. The van der Waals surface area contributed by atoms with Crippen molar-refractivity contribution in [1.29, 1.82) is 0 Å². The number of hydrogen-bond acceptors (Lipinski definition) is 5. The van der Waals surface area contributed by atoms with E-state index in [0.29, 0.717) is 25.5 Å². The van der Waals surface area contributed by atoms with Crippen LogP contribution in [0.15, 0.2) is 35.1 Å². The quantitative estimate of drug-likeness (QED) is 0.405. The summed E-state index contributed by atoms with van der Waals surface area (Å²) in [5, 5.41) is 4.05. The Labute approximate surface area is 180 Å². The molecule has 0 saturated carbocycles. The third-order valence-corrected chi connectivity index (χ3v) is 5.60. The predicted molar refractivity (Wildman–Crippen MR) is 117 cm³/mol. The molecular formula is C24H23N5O2. The molecule has 1 aliphatic rings. The van der Waals surface area contributed by atoms with Crippen molar-refractivity contribution in [3.63, 3.8) is 0 Å². The lowest BCUT2D eigenvalue weighted by molar-refractivity contribution is 0.126. The van der Waals surface area contributed by atoms with Gasteiger partial charge >= 0.3 is 0 Å². The molecule has 0 aliphatic carbocycles. The van der Waals surface area contributed by atoms with E-state index >= 15 is 0 Å². The van der Waals surface area contributed by atoms with E-state index in [4.69, 9.17) is 20.7 Å². The van der Waals surface area contributed by atoms with E-state index in [-0.39, 0.29) is 0 Å². The summed E-state index contributed by atoms with van der Waals surface area (Å²) in [6.07, 6.45) is 8.38. The molecule has 0 atom stereocenters. The Kier molecular flexibility index (Phi) is 4.72. The van der Waals surface area contributed by atoms with Crippen LogP contribution in [0, 0.1) is 19.3 Å². The van der Waals surface area contributed by atoms with E-state index in [2.05, 4.69) is 44.3 Å². The first-order valence-electron chi connectivity index (χ1n) is 10.4. The minimum Gasteiger partial charge on any atom is -0.374 e. The zero-order chi connectivity index (χ0) is 21.5. The van der Waals surface area contributed by atoms with Crippen molar-refractivity contribution in [1.82, 2.24) is 24.3 Å². The summed E-state index contributed by atoms with van der Waals surface area (Å²) in [6, 6.07) is 7.97. The summed E-state index contributed by atoms with van der Waals surface area (Å²) in [6.45, 7) is 7.66. The number of hydrogen-bond donors (Lipinski definition) is 0. The lowest BCUT2D eigenvalue weighted by Gasteiger charge is -2.11. The van der Waals surface area contributed by atoms with Gasteiger partial charge in [-0.1, -0.05) is 18.0 Å². The molecule has 31 heavy (non-hydrogen) atoms. The summed E-state index contributed by atoms with van der Waals surface area (Å²) < 4.78 is 15.6. The highest BCUT2D eigenvalue weighted by Gasteiger charge is 2.28. The summed E-state index contributed by atoms with van der Waals surface area (Å²) in [7, 11) is 0. The number of aryl methyl sites for hydroxylation is 2. The first-order valence-corrected chi connectivity index (χ1v) is 10.4. The SMILES string of the molecule is C#Cc1ccc2c(c1)-c1c(CC)nc(COCC)n1Cc1c(-c3cc(C)no3)ncn1-2. The largest absolute Gasteiger partial charge is 0.374 e.